The fourth-order valence-corrected chi connectivity index (χ4v) is 5.06. The van der Waals surface area contributed by atoms with E-state index in [9.17, 15) is 13.2 Å². The number of hydrogen-bond acceptors (Lipinski definition) is 5. The van der Waals surface area contributed by atoms with Crippen molar-refractivity contribution in [2.75, 3.05) is 27.3 Å². The quantitative estimate of drug-likeness (QED) is 0.674. The van der Waals surface area contributed by atoms with Crippen LogP contribution in [0.2, 0.25) is 0 Å². The number of nitrogens with zero attached hydrogens (tertiary/aromatic N) is 1. The molecule has 0 spiro atoms. The minimum absolute atomic E-state index is 0.104. The lowest BCUT2D eigenvalue weighted by Crippen LogP contribution is -2.47. The van der Waals surface area contributed by atoms with Crippen LogP contribution in [0.5, 0.6) is 11.5 Å². The number of amides is 1. The fourth-order valence-electron chi connectivity index (χ4n) is 3.41. The molecule has 0 heterocycles. The average Bonchev–Trinajstić information content (AvgIpc) is 2.70. The van der Waals surface area contributed by atoms with E-state index in [0.717, 1.165) is 32.1 Å². The average molecular weight is 413 g/mol. The molecule has 0 bridgehead atoms. The highest BCUT2D eigenvalue weighted by Gasteiger charge is 2.34. The zero-order chi connectivity index (χ0) is 20.7. The van der Waals surface area contributed by atoms with Crippen molar-refractivity contribution in [1.82, 2.24) is 9.62 Å². The van der Waals surface area contributed by atoms with Gasteiger partial charge in [-0.05, 0) is 30.9 Å². The molecule has 0 atom stereocenters. The van der Waals surface area contributed by atoms with E-state index in [-0.39, 0.29) is 23.4 Å². The van der Waals surface area contributed by atoms with Gasteiger partial charge in [-0.15, -0.1) is 0 Å². The van der Waals surface area contributed by atoms with Gasteiger partial charge in [-0.25, -0.2) is 8.42 Å². The van der Waals surface area contributed by atoms with Crippen molar-refractivity contribution < 1.29 is 22.7 Å². The van der Waals surface area contributed by atoms with Crippen LogP contribution in [0, 0.1) is 5.92 Å². The maximum Gasteiger partial charge on any atom is 0.243 e. The molecule has 1 aromatic carbocycles. The van der Waals surface area contributed by atoms with E-state index >= 15 is 0 Å². The van der Waals surface area contributed by atoms with Crippen molar-refractivity contribution in [1.29, 1.82) is 0 Å². The van der Waals surface area contributed by atoms with Crippen LogP contribution in [0.3, 0.4) is 0 Å². The zero-order valence-electron chi connectivity index (χ0n) is 17.2. The molecule has 7 nitrogen and oxygen atoms in total. The summed E-state index contributed by atoms with van der Waals surface area (Å²) in [6.45, 7) is 4.35. The summed E-state index contributed by atoms with van der Waals surface area (Å²) < 4.78 is 38.7. The Hall–Kier alpha value is -1.80. The summed E-state index contributed by atoms with van der Waals surface area (Å²) in [6.07, 6.45) is 4.57. The number of rotatable bonds is 9. The van der Waals surface area contributed by atoms with Crippen molar-refractivity contribution in [3.63, 3.8) is 0 Å². The molecule has 1 aliphatic rings. The van der Waals surface area contributed by atoms with E-state index in [2.05, 4.69) is 5.32 Å². The first kappa shape index (κ1) is 22.5. The van der Waals surface area contributed by atoms with Gasteiger partial charge in [0.05, 0.1) is 25.7 Å². The number of carbonyl (C=O) groups is 1. The summed E-state index contributed by atoms with van der Waals surface area (Å²) in [6, 6.07) is 4.36. The fraction of sp³-hybridized carbons (Fsp3) is 0.650. The Kier molecular flexibility index (Phi) is 8.12. The number of ether oxygens (including phenoxy) is 2. The molecule has 8 heteroatoms. The molecular formula is C20H32N2O5S. The van der Waals surface area contributed by atoms with Gasteiger partial charge in [0.1, 0.15) is 0 Å². The second-order valence-corrected chi connectivity index (χ2v) is 9.45. The molecular weight excluding hydrogens is 380 g/mol. The molecule has 0 aliphatic heterocycles. The monoisotopic (exact) mass is 412 g/mol. The van der Waals surface area contributed by atoms with Crippen LogP contribution in [0.15, 0.2) is 23.1 Å². The van der Waals surface area contributed by atoms with E-state index in [1.54, 1.807) is 6.07 Å². The Labute approximate surface area is 168 Å². The number of carbonyl (C=O) groups excluding carboxylic acids is 1. The third-order valence-electron chi connectivity index (χ3n) is 4.95. The van der Waals surface area contributed by atoms with Crippen molar-refractivity contribution >= 4 is 15.9 Å². The van der Waals surface area contributed by atoms with Crippen LogP contribution in [-0.2, 0) is 14.8 Å². The maximum atomic E-state index is 13.4. The first-order chi connectivity index (χ1) is 13.3. The smallest absolute Gasteiger partial charge is 0.243 e. The van der Waals surface area contributed by atoms with Crippen LogP contribution in [0.1, 0.15) is 46.0 Å². The van der Waals surface area contributed by atoms with E-state index in [0.29, 0.717) is 24.0 Å². The van der Waals surface area contributed by atoms with Gasteiger partial charge in [-0.1, -0.05) is 33.1 Å². The summed E-state index contributed by atoms with van der Waals surface area (Å²) in [5, 5.41) is 2.83. The first-order valence-electron chi connectivity index (χ1n) is 9.80. The van der Waals surface area contributed by atoms with E-state index < -0.39 is 10.0 Å². The second-order valence-electron chi connectivity index (χ2n) is 7.56. The summed E-state index contributed by atoms with van der Waals surface area (Å²) in [7, 11) is -0.891. The molecule has 1 amide bonds. The molecule has 1 aliphatic carbocycles. The molecule has 0 unspecified atom stereocenters. The van der Waals surface area contributed by atoms with Gasteiger partial charge in [0, 0.05) is 18.7 Å². The zero-order valence-corrected chi connectivity index (χ0v) is 18.0. The molecule has 0 saturated heterocycles. The van der Waals surface area contributed by atoms with Crippen LogP contribution < -0.4 is 14.8 Å². The Morgan fingerprint density at radius 3 is 2.36 bits per heavy atom. The Balaban J connectivity index is 2.33. The number of methoxy groups -OCH3 is 2. The van der Waals surface area contributed by atoms with Gasteiger partial charge >= 0.3 is 0 Å². The van der Waals surface area contributed by atoms with Crippen molar-refractivity contribution in [2.45, 2.75) is 56.9 Å². The van der Waals surface area contributed by atoms with E-state index in [1.165, 1.54) is 30.7 Å². The van der Waals surface area contributed by atoms with Gasteiger partial charge < -0.3 is 14.8 Å². The molecule has 2 rings (SSSR count). The summed E-state index contributed by atoms with van der Waals surface area (Å²) in [5.74, 6) is 0.828. The minimum atomic E-state index is -3.85. The maximum absolute atomic E-state index is 13.4. The molecule has 1 aromatic rings. The molecule has 1 saturated carbocycles. The Bertz CT molecular complexity index is 758. The number of nitrogens with one attached hydrogen (secondary N) is 1. The van der Waals surface area contributed by atoms with Gasteiger partial charge in [0.15, 0.2) is 11.5 Å². The predicted molar refractivity (Wildman–Crippen MR) is 108 cm³/mol. The largest absolute Gasteiger partial charge is 0.493 e. The van der Waals surface area contributed by atoms with Gasteiger partial charge in [-0.3, -0.25) is 4.79 Å². The van der Waals surface area contributed by atoms with Gasteiger partial charge in [0.25, 0.3) is 0 Å². The van der Waals surface area contributed by atoms with Crippen LogP contribution in [0.25, 0.3) is 0 Å². The van der Waals surface area contributed by atoms with Crippen molar-refractivity contribution in [3.05, 3.63) is 18.2 Å². The molecule has 0 aromatic heterocycles. The Morgan fingerprint density at radius 2 is 1.79 bits per heavy atom. The van der Waals surface area contributed by atoms with Gasteiger partial charge in [-0.2, -0.15) is 4.31 Å². The van der Waals surface area contributed by atoms with E-state index in [4.69, 9.17) is 9.47 Å². The first-order valence-corrected chi connectivity index (χ1v) is 11.2. The number of benzene rings is 1. The molecule has 0 radical (unpaired) electrons. The van der Waals surface area contributed by atoms with Crippen LogP contribution >= 0.6 is 0 Å². The second kappa shape index (κ2) is 10.1. The molecule has 158 valence electrons. The summed E-state index contributed by atoms with van der Waals surface area (Å²) >= 11 is 0. The standard InChI is InChI=1S/C20H32N2O5S/c1-15(2)13-21-20(23)14-22(16-8-6-5-7-9-16)28(24,25)17-10-11-18(26-3)19(12-17)27-4/h10-12,15-16H,5-9,13-14H2,1-4H3,(H,21,23). The lowest BCUT2D eigenvalue weighted by Gasteiger charge is -2.33. The molecule has 28 heavy (non-hydrogen) atoms. The third kappa shape index (κ3) is 5.61. The topological polar surface area (TPSA) is 84.9 Å². The van der Waals surface area contributed by atoms with Crippen LogP contribution in [0.4, 0.5) is 0 Å². The summed E-state index contributed by atoms with van der Waals surface area (Å²) in [4.78, 5) is 12.5. The minimum Gasteiger partial charge on any atom is -0.493 e. The third-order valence-corrected chi connectivity index (χ3v) is 6.84. The normalized spacial score (nSPS) is 15.6. The molecule has 1 fully saturated rings. The summed E-state index contributed by atoms with van der Waals surface area (Å²) in [5.41, 5.74) is 0. The van der Waals surface area contributed by atoms with Gasteiger partial charge in [0.2, 0.25) is 15.9 Å². The molecule has 1 N–H and O–H groups in total. The Morgan fingerprint density at radius 1 is 1.14 bits per heavy atom. The number of sulfonamides is 1. The lowest BCUT2D eigenvalue weighted by molar-refractivity contribution is -0.121. The van der Waals surface area contributed by atoms with Crippen LogP contribution in [-0.4, -0.2) is 52.0 Å². The van der Waals surface area contributed by atoms with Crippen molar-refractivity contribution in [2.24, 2.45) is 5.92 Å². The highest BCUT2D eigenvalue weighted by Crippen LogP contribution is 2.33. The van der Waals surface area contributed by atoms with Crippen molar-refractivity contribution in [3.8, 4) is 11.5 Å². The highest BCUT2D eigenvalue weighted by atomic mass is 32.2. The van der Waals surface area contributed by atoms with E-state index in [1.807, 2.05) is 13.8 Å². The lowest BCUT2D eigenvalue weighted by atomic mass is 9.95. The predicted octanol–water partition coefficient (Wildman–Crippen LogP) is 2.80. The SMILES string of the molecule is COc1ccc(S(=O)(=O)N(CC(=O)NCC(C)C)C2CCCCC2)cc1OC. The highest BCUT2D eigenvalue weighted by molar-refractivity contribution is 7.89. The number of hydrogen-bond donors (Lipinski definition) is 1.